The van der Waals surface area contributed by atoms with Crippen molar-refractivity contribution in [2.24, 2.45) is 0 Å². The van der Waals surface area contributed by atoms with Gasteiger partial charge in [0.05, 0.1) is 19.8 Å². The summed E-state index contributed by atoms with van der Waals surface area (Å²) >= 11 is 0. The molecule has 0 atom stereocenters. The summed E-state index contributed by atoms with van der Waals surface area (Å²) in [5.74, 6) is 1.54. The molecule has 23 heavy (non-hydrogen) atoms. The third-order valence-corrected chi connectivity index (χ3v) is 3.23. The van der Waals surface area contributed by atoms with Crippen LogP contribution in [0.3, 0.4) is 0 Å². The number of hydrogen-bond acceptors (Lipinski definition) is 4. The molecule has 2 aromatic rings. The maximum Gasteiger partial charge on any atom is 0.161 e. The van der Waals surface area contributed by atoms with Crippen LogP contribution in [0.2, 0.25) is 0 Å². The standard InChI is InChI=1S/C19H25NO3/c1-2-22-18-10-6-7-11-19(18)23-15-14-21-13-12-20-16-17-8-4-3-5-9-17/h3-11,20H,2,12-16H2,1H3. The van der Waals surface area contributed by atoms with Gasteiger partial charge in [0.2, 0.25) is 0 Å². The highest BCUT2D eigenvalue weighted by Crippen LogP contribution is 2.26. The molecule has 0 saturated carbocycles. The second-order valence-electron chi connectivity index (χ2n) is 5.00. The second kappa shape index (κ2) is 10.6. The monoisotopic (exact) mass is 315 g/mol. The van der Waals surface area contributed by atoms with Crippen LogP contribution in [0, 0.1) is 0 Å². The quantitative estimate of drug-likeness (QED) is 0.646. The van der Waals surface area contributed by atoms with Gasteiger partial charge in [0, 0.05) is 13.1 Å². The van der Waals surface area contributed by atoms with Crippen LogP contribution in [-0.4, -0.2) is 33.0 Å². The van der Waals surface area contributed by atoms with E-state index >= 15 is 0 Å². The average molecular weight is 315 g/mol. The molecule has 2 rings (SSSR count). The highest BCUT2D eigenvalue weighted by molar-refractivity contribution is 5.39. The van der Waals surface area contributed by atoms with Crippen molar-refractivity contribution in [1.82, 2.24) is 5.32 Å². The molecule has 2 aromatic carbocycles. The molecule has 0 spiro atoms. The number of para-hydroxylation sites is 2. The summed E-state index contributed by atoms with van der Waals surface area (Å²) in [7, 11) is 0. The Hall–Kier alpha value is -2.04. The molecule has 0 bridgehead atoms. The zero-order chi connectivity index (χ0) is 16.2. The van der Waals surface area contributed by atoms with Crippen LogP contribution in [0.4, 0.5) is 0 Å². The molecule has 0 heterocycles. The predicted octanol–water partition coefficient (Wildman–Crippen LogP) is 3.27. The van der Waals surface area contributed by atoms with Crippen molar-refractivity contribution in [2.75, 3.05) is 33.0 Å². The molecule has 0 fully saturated rings. The zero-order valence-electron chi connectivity index (χ0n) is 13.7. The topological polar surface area (TPSA) is 39.7 Å². The Labute approximate surface area is 138 Å². The lowest BCUT2D eigenvalue weighted by atomic mass is 10.2. The van der Waals surface area contributed by atoms with E-state index in [1.165, 1.54) is 5.56 Å². The number of nitrogens with one attached hydrogen (secondary N) is 1. The fourth-order valence-corrected chi connectivity index (χ4v) is 2.13. The summed E-state index contributed by atoms with van der Waals surface area (Å²) in [4.78, 5) is 0. The molecule has 0 amide bonds. The van der Waals surface area contributed by atoms with Gasteiger partial charge in [-0.05, 0) is 24.6 Å². The molecule has 0 aliphatic heterocycles. The Balaban J connectivity index is 1.53. The summed E-state index contributed by atoms with van der Waals surface area (Å²) in [6, 6.07) is 18.0. The first-order valence-electron chi connectivity index (χ1n) is 8.07. The van der Waals surface area contributed by atoms with Crippen LogP contribution in [0.25, 0.3) is 0 Å². The van der Waals surface area contributed by atoms with Crippen molar-refractivity contribution in [3.8, 4) is 11.5 Å². The minimum Gasteiger partial charge on any atom is -0.490 e. The van der Waals surface area contributed by atoms with Crippen LogP contribution in [0.1, 0.15) is 12.5 Å². The van der Waals surface area contributed by atoms with Gasteiger partial charge in [-0.25, -0.2) is 0 Å². The van der Waals surface area contributed by atoms with E-state index in [1.807, 2.05) is 49.4 Å². The minimum absolute atomic E-state index is 0.517. The van der Waals surface area contributed by atoms with E-state index < -0.39 is 0 Å². The van der Waals surface area contributed by atoms with Gasteiger partial charge < -0.3 is 19.5 Å². The van der Waals surface area contributed by atoms with Crippen molar-refractivity contribution in [1.29, 1.82) is 0 Å². The van der Waals surface area contributed by atoms with Crippen LogP contribution in [0.15, 0.2) is 54.6 Å². The fourth-order valence-electron chi connectivity index (χ4n) is 2.13. The molecule has 0 unspecified atom stereocenters. The molecule has 4 nitrogen and oxygen atoms in total. The molecular formula is C19H25NO3. The lowest BCUT2D eigenvalue weighted by Crippen LogP contribution is -2.20. The van der Waals surface area contributed by atoms with Gasteiger partial charge in [-0.3, -0.25) is 0 Å². The maximum absolute atomic E-state index is 5.70. The molecule has 124 valence electrons. The molecule has 1 N–H and O–H groups in total. The van der Waals surface area contributed by atoms with E-state index in [-0.39, 0.29) is 0 Å². The zero-order valence-corrected chi connectivity index (χ0v) is 13.7. The lowest BCUT2D eigenvalue weighted by Gasteiger charge is -2.11. The van der Waals surface area contributed by atoms with Crippen molar-refractivity contribution in [3.05, 3.63) is 60.2 Å². The van der Waals surface area contributed by atoms with Gasteiger partial charge >= 0.3 is 0 Å². The van der Waals surface area contributed by atoms with Gasteiger partial charge in [-0.1, -0.05) is 42.5 Å². The molecule has 0 aromatic heterocycles. The van der Waals surface area contributed by atoms with Crippen molar-refractivity contribution < 1.29 is 14.2 Å². The summed E-state index contributed by atoms with van der Waals surface area (Å²) in [5.41, 5.74) is 1.28. The van der Waals surface area contributed by atoms with Gasteiger partial charge in [-0.2, -0.15) is 0 Å². The highest BCUT2D eigenvalue weighted by Gasteiger charge is 2.02. The highest BCUT2D eigenvalue weighted by atomic mass is 16.5. The number of rotatable bonds is 11. The van der Waals surface area contributed by atoms with Crippen LogP contribution >= 0.6 is 0 Å². The Morgan fingerprint density at radius 1 is 0.783 bits per heavy atom. The third-order valence-electron chi connectivity index (χ3n) is 3.23. The van der Waals surface area contributed by atoms with Crippen LogP contribution in [0.5, 0.6) is 11.5 Å². The van der Waals surface area contributed by atoms with Crippen molar-refractivity contribution >= 4 is 0 Å². The molecule has 0 radical (unpaired) electrons. The molecule has 0 saturated heterocycles. The summed E-state index contributed by atoms with van der Waals surface area (Å²) in [6.07, 6.45) is 0. The second-order valence-corrected chi connectivity index (χ2v) is 5.00. The Morgan fingerprint density at radius 3 is 2.22 bits per heavy atom. The lowest BCUT2D eigenvalue weighted by molar-refractivity contribution is 0.100. The van der Waals surface area contributed by atoms with Crippen molar-refractivity contribution in [2.45, 2.75) is 13.5 Å². The van der Waals surface area contributed by atoms with Crippen LogP contribution in [-0.2, 0) is 11.3 Å². The van der Waals surface area contributed by atoms with E-state index in [0.717, 1.165) is 24.6 Å². The van der Waals surface area contributed by atoms with Gasteiger partial charge in [0.25, 0.3) is 0 Å². The van der Waals surface area contributed by atoms with Crippen LogP contribution < -0.4 is 14.8 Å². The molecular weight excluding hydrogens is 290 g/mol. The van der Waals surface area contributed by atoms with E-state index in [2.05, 4.69) is 17.4 Å². The summed E-state index contributed by atoms with van der Waals surface area (Å²) in [5, 5.41) is 3.35. The first-order valence-corrected chi connectivity index (χ1v) is 8.07. The normalized spacial score (nSPS) is 10.5. The van der Waals surface area contributed by atoms with Gasteiger partial charge in [0.15, 0.2) is 11.5 Å². The predicted molar refractivity (Wildman–Crippen MR) is 92.1 cm³/mol. The average Bonchev–Trinajstić information content (AvgIpc) is 2.60. The van der Waals surface area contributed by atoms with E-state index in [1.54, 1.807) is 0 Å². The van der Waals surface area contributed by atoms with Crippen molar-refractivity contribution in [3.63, 3.8) is 0 Å². The summed E-state index contributed by atoms with van der Waals surface area (Å²) < 4.78 is 16.8. The molecule has 4 heteroatoms. The number of hydrogen-bond donors (Lipinski definition) is 1. The SMILES string of the molecule is CCOc1ccccc1OCCOCCNCc1ccccc1. The van der Waals surface area contributed by atoms with E-state index in [4.69, 9.17) is 14.2 Å². The first-order chi connectivity index (χ1) is 11.4. The van der Waals surface area contributed by atoms with Gasteiger partial charge in [0.1, 0.15) is 6.61 Å². The smallest absolute Gasteiger partial charge is 0.161 e. The molecule has 0 aliphatic rings. The Morgan fingerprint density at radius 2 is 1.48 bits per heavy atom. The number of ether oxygens (including phenoxy) is 3. The van der Waals surface area contributed by atoms with E-state index in [0.29, 0.717) is 26.4 Å². The Bertz CT molecular complexity index is 545. The third kappa shape index (κ3) is 6.72. The molecule has 0 aliphatic carbocycles. The minimum atomic E-state index is 0.517. The van der Waals surface area contributed by atoms with Gasteiger partial charge in [-0.15, -0.1) is 0 Å². The fraction of sp³-hybridized carbons (Fsp3) is 0.368. The largest absolute Gasteiger partial charge is 0.490 e. The summed E-state index contributed by atoms with van der Waals surface area (Å²) in [6.45, 7) is 6.03. The maximum atomic E-state index is 5.70. The Kier molecular flexibility index (Phi) is 8.02. The van der Waals surface area contributed by atoms with E-state index in [9.17, 15) is 0 Å². The number of benzene rings is 2. The first kappa shape index (κ1) is 17.3.